The predicted molar refractivity (Wildman–Crippen MR) is 61.5 cm³/mol. The Hall–Kier alpha value is -1.61. The summed E-state index contributed by atoms with van der Waals surface area (Å²) in [6.45, 7) is 0. The Labute approximate surface area is 94.3 Å². The van der Waals surface area contributed by atoms with Crippen molar-refractivity contribution in [1.29, 1.82) is 0 Å². The number of aliphatic hydroxyl groups excluding tert-OH is 1. The highest BCUT2D eigenvalue weighted by molar-refractivity contribution is 5.31. The van der Waals surface area contributed by atoms with Crippen molar-refractivity contribution >= 4 is 0 Å². The first kappa shape index (κ1) is 9.60. The van der Waals surface area contributed by atoms with E-state index in [0.717, 1.165) is 24.2 Å². The molecule has 0 atom stereocenters. The molecule has 1 aliphatic rings. The van der Waals surface area contributed by atoms with Crippen molar-refractivity contribution < 1.29 is 5.11 Å². The van der Waals surface area contributed by atoms with E-state index in [9.17, 15) is 5.11 Å². The molecule has 0 bridgehead atoms. The maximum Gasteiger partial charge on any atom is 0.0661 e. The van der Waals surface area contributed by atoms with Gasteiger partial charge in [-0.05, 0) is 31.0 Å². The molecule has 1 saturated carbocycles. The molecule has 1 aromatic carbocycles. The van der Waals surface area contributed by atoms with E-state index in [1.54, 1.807) is 0 Å². The molecular formula is C13H14N2O. The molecule has 0 radical (unpaired) electrons. The van der Waals surface area contributed by atoms with E-state index in [2.05, 4.69) is 5.10 Å². The molecule has 1 N–H and O–H groups in total. The minimum Gasteiger partial charge on any atom is -0.393 e. The van der Waals surface area contributed by atoms with Gasteiger partial charge in [0.05, 0.1) is 17.5 Å². The van der Waals surface area contributed by atoms with Crippen LogP contribution < -0.4 is 0 Å². The highest BCUT2D eigenvalue weighted by Gasteiger charge is 2.30. The number of aliphatic hydroxyl groups is 1. The minimum absolute atomic E-state index is 0.119. The lowest BCUT2D eigenvalue weighted by atomic mass is 9.80. The molecule has 16 heavy (non-hydrogen) atoms. The summed E-state index contributed by atoms with van der Waals surface area (Å²) in [5.74, 6) is 0.444. The standard InChI is InChI=1S/C13H14N2O/c16-12-8-10(9-12)13-6-7-15(14-13)11-4-2-1-3-5-11/h1-7,10,12,16H,8-9H2/t10-,12-. The van der Waals surface area contributed by atoms with Crippen LogP contribution in [-0.2, 0) is 0 Å². The fourth-order valence-electron chi connectivity index (χ4n) is 2.11. The quantitative estimate of drug-likeness (QED) is 0.831. The van der Waals surface area contributed by atoms with Crippen molar-refractivity contribution in [3.05, 3.63) is 48.3 Å². The number of benzene rings is 1. The van der Waals surface area contributed by atoms with Gasteiger partial charge in [-0.25, -0.2) is 4.68 Å². The first-order valence-electron chi connectivity index (χ1n) is 5.62. The Morgan fingerprint density at radius 1 is 1.12 bits per heavy atom. The zero-order valence-electron chi connectivity index (χ0n) is 8.95. The first-order chi connectivity index (χ1) is 7.83. The molecule has 0 unspecified atom stereocenters. The van der Waals surface area contributed by atoms with Crippen LogP contribution in [0.4, 0.5) is 0 Å². The third-order valence-electron chi connectivity index (χ3n) is 3.16. The molecule has 82 valence electrons. The highest BCUT2D eigenvalue weighted by Crippen LogP contribution is 2.35. The highest BCUT2D eigenvalue weighted by atomic mass is 16.3. The van der Waals surface area contributed by atoms with Gasteiger partial charge in [0.25, 0.3) is 0 Å². The monoisotopic (exact) mass is 214 g/mol. The summed E-state index contributed by atoms with van der Waals surface area (Å²) in [6.07, 6.45) is 3.57. The lowest BCUT2D eigenvalue weighted by Gasteiger charge is -2.29. The lowest BCUT2D eigenvalue weighted by Crippen LogP contribution is -2.26. The normalized spacial score (nSPS) is 24.1. The van der Waals surface area contributed by atoms with Crippen molar-refractivity contribution in [2.75, 3.05) is 0 Å². The van der Waals surface area contributed by atoms with Gasteiger partial charge in [-0.1, -0.05) is 18.2 Å². The minimum atomic E-state index is -0.119. The number of hydrogen-bond donors (Lipinski definition) is 1. The third-order valence-corrected chi connectivity index (χ3v) is 3.16. The van der Waals surface area contributed by atoms with E-state index < -0.39 is 0 Å². The second-order valence-corrected chi connectivity index (χ2v) is 4.34. The van der Waals surface area contributed by atoms with Crippen LogP contribution in [0, 0.1) is 0 Å². The van der Waals surface area contributed by atoms with E-state index in [4.69, 9.17) is 0 Å². The SMILES string of the molecule is O[C@H]1C[C@H](c2ccn(-c3ccccc3)n2)C1. The van der Waals surface area contributed by atoms with Crippen molar-refractivity contribution in [2.24, 2.45) is 0 Å². The van der Waals surface area contributed by atoms with Gasteiger partial charge in [-0.2, -0.15) is 5.10 Å². The van der Waals surface area contributed by atoms with Gasteiger partial charge in [0.2, 0.25) is 0 Å². The first-order valence-corrected chi connectivity index (χ1v) is 5.62. The van der Waals surface area contributed by atoms with Crippen LogP contribution in [0.1, 0.15) is 24.5 Å². The molecule has 3 nitrogen and oxygen atoms in total. The Bertz CT molecular complexity index is 472. The van der Waals surface area contributed by atoms with Crippen molar-refractivity contribution in [3.8, 4) is 5.69 Å². The zero-order chi connectivity index (χ0) is 11.0. The molecule has 0 aliphatic heterocycles. The summed E-state index contributed by atoms with van der Waals surface area (Å²) < 4.78 is 1.89. The largest absolute Gasteiger partial charge is 0.393 e. The van der Waals surface area contributed by atoms with Crippen LogP contribution in [-0.4, -0.2) is 21.0 Å². The molecule has 1 heterocycles. The number of aromatic nitrogens is 2. The molecule has 0 amide bonds. The van der Waals surface area contributed by atoms with Gasteiger partial charge in [-0.3, -0.25) is 0 Å². The van der Waals surface area contributed by atoms with Gasteiger partial charge in [0.15, 0.2) is 0 Å². The van der Waals surface area contributed by atoms with E-state index >= 15 is 0 Å². The smallest absolute Gasteiger partial charge is 0.0661 e. The summed E-state index contributed by atoms with van der Waals surface area (Å²) in [7, 11) is 0. The van der Waals surface area contributed by atoms with Gasteiger partial charge < -0.3 is 5.11 Å². The molecule has 0 spiro atoms. The summed E-state index contributed by atoms with van der Waals surface area (Å²) in [4.78, 5) is 0. The van der Waals surface area contributed by atoms with E-state index in [0.29, 0.717) is 5.92 Å². The Kier molecular flexibility index (Phi) is 2.26. The number of rotatable bonds is 2. The molecule has 1 aromatic heterocycles. The van der Waals surface area contributed by atoms with E-state index in [1.165, 1.54) is 0 Å². The van der Waals surface area contributed by atoms with Crippen LogP contribution >= 0.6 is 0 Å². The molecule has 3 rings (SSSR count). The predicted octanol–water partition coefficient (Wildman–Crippen LogP) is 2.11. The van der Waals surface area contributed by atoms with Crippen molar-refractivity contribution in [3.63, 3.8) is 0 Å². The van der Waals surface area contributed by atoms with Gasteiger partial charge in [-0.15, -0.1) is 0 Å². The van der Waals surface area contributed by atoms with Crippen molar-refractivity contribution in [1.82, 2.24) is 9.78 Å². The fraction of sp³-hybridized carbons (Fsp3) is 0.308. The molecule has 1 fully saturated rings. The average Bonchev–Trinajstić information content (AvgIpc) is 2.75. The average molecular weight is 214 g/mol. The Balaban J connectivity index is 1.83. The number of para-hydroxylation sites is 1. The topological polar surface area (TPSA) is 38.0 Å². The fourth-order valence-corrected chi connectivity index (χ4v) is 2.11. The van der Waals surface area contributed by atoms with E-state index in [-0.39, 0.29) is 6.10 Å². The molecule has 0 saturated heterocycles. The molecular weight excluding hydrogens is 200 g/mol. The molecule has 3 heteroatoms. The van der Waals surface area contributed by atoms with Crippen molar-refractivity contribution in [2.45, 2.75) is 24.9 Å². The van der Waals surface area contributed by atoms with Crippen LogP contribution in [0.25, 0.3) is 5.69 Å². The maximum atomic E-state index is 9.27. The summed E-state index contributed by atoms with van der Waals surface area (Å²) >= 11 is 0. The van der Waals surface area contributed by atoms with Crippen LogP contribution in [0.3, 0.4) is 0 Å². The van der Waals surface area contributed by atoms with Crippen LogP contribution in [0.15, 0.2) is 42.6 Å². The van der Waals surface area contributed by atoms with Gasteiger partial charge in [0, 0.05) is 12.1 Å². The summed E-state index contributed by atoms with van der Waals surface area (Å²) in [5.41, 5.74) is 2.17. The lowest BCUT2D eigenvalue weighted by molar-refractivity contribution is 0.0731. The van der Waals surface area contributed by atoms with Gasteiger partial charge in [0.1, 0.15) is 0 Å². The third kappa shape index (κ3) is 1.63. The van der Waals surface area contributed by atoms with E-state index in [1.807, 2.05) is 47.3 Å². The maximum absolute atomic E-state index is 9.27. The number of hydrogen-bond acceptors (Lipinski definition) is 2. The second kappa shape index (κ2) is 3.76. The molecule has 1 aliphatic carbocycles. The Morgan fingerprint density at radius 3 is 2.56 bits per heavy atom. The van der Waals surface area contributed by atoms with Crippen LogP contribution in [0.5, 0.6) is 0 Å². The summed E-state index contributed by atoms with van der Waals surface area (Å²) in [5, 5.41) is 13.8. The van der Waals surface area contributed by atoms with Gasteiger partial charge >= 0.3 is 0 Å². The zero-order valence-corrected chi connectivity index (χ0v) is 8.95. The number of nitrogens with zero attached hydrogens (tertiary/aromatic N) is 2. The van der Waals surface area contributed by atoms with Crippen LogP contribution in [0.2, 0.25) is 0 Å². The second-order valence-electron chi connectivity index (χ2n) is 4.34. The summed E-state index contributed by atoms with van der Waals surface area (Å²) in [6, 6.07) is 12.1. The molecule has 2 aromatic rings. The Morgan fingerprint density at radius 2 is 1.88 bits per heavy atom.